The minimum absolute atomic E-state index is 0.401. The van der Waals surface area contributed by atoms with Crippen LogP contribution in [0.15, 0.2) is 129 Å². The van der Waals surface area contributed by atoms with Gasteiger partial charge in [0.15, 0.2) is 0 Å². The lowest BCUT2D eigenvalue weighted by Crippen LogP contribution is -2.05. The molecule has 6 rings (SSSR count). The lowest BCUT2D eigenvalue weighted by molar-refractivity contribution is -0.138. The maximum Gasteiger partial charge on any atom is 0.416 e. The quantitative estimate of drug-likeness (QED) is 0.102. The van der Waals surface area contributed by atoms with Crippen LogP contribution in [0.25, 0.3) is 0 Å². The highest BCUT2D eigenvalue weighted by atomic mass is 19.4. The van der Waals surface area contributed by atoms with Crippen LogP contribution in [0.4, 0.5) is 49.1 Å². The second kappa shape index (κ2) is 18.0. The lowest BCUT2D eigenvalue weighted by Gasteiger charge is -2.13. The number of rotatable bonds is 10. The number of hydrogen-bond donors (Lipinski definition) is 0. The number of aliphatic imine (C=N–C) groups is 4. The van der Waals surface area contributed by atoms with Crippen LogP contribution in [0.1, 0.15) is 95.0 Å². The molecule has 0 N–H and O–H groups in total. The third kappa shape index (κ3) is 11.0. The number of pyridine rings is 2. The van der Waals surface area contributed by atoms with Crippen LogP contribution in [0.3, 0.4) is 0 Å². The molecule has 61 heavy (non-hydrogen) atoms. The lowest BCUT2D eigenvalue weighted by atomic mass is 9.96. The minimum Gasteiger partial charge on any atom is -0.252 e. The fourth-order valence-corrected chi connectivity index (χ4v) is 6.96. The predicted octanol–water partition coefficient (Wildman–Crippen LogP) is 13.9. The van der Waals surface area contributed by atoms with E-state index >= 15 is 0 Å². The minimum atomic E-state index is -4.41. The summed E-state index contributed by atoms with van der Waals surface area (Å²) in [6, 6.07) is 29.1. The van der Waals surface area contributed by atoms with Crippen LogP contribution in [-0.2, 0) is 18.8 Å². The third-order valence-corrected chi connectivity index (χ3v) is 10.0. The van der Waals surface area contributed by atoms with Crippen LogP contribution in [0.5, 0.6) is 0 Å². The molecular formula is C49H44F6N6. The van der Waals surface area contributed by atoms with Crippen LogP contribution in [0.2, 0.25) is 0 Å². The number of alkyl halides is 6. The largest absolute Gasteiger partial charge is 0.416 e. The van der Waals surface area contributed by atoms with Gasteiger partial charge in [0.2, 0.25) is 0 Å². The topological polar surface area (TPSA) is 75.2 Å². The number of nitrogens with zero attached hydrogens (tertiary/aromatic N) is 6. The standard InChI is InChI=1S/C49H44F6N6/c1-28-23-36(24-29(2)46(28)58-34(7)44-13-9-11-42(60-44)32(5)56-40-19-15-38(16-20-40)48(50,51)52)27-37-25-30(3)47(31(4)26-37)59-35(8)45-14-10-12-43(61-45)33(6)57-41-21-17-39(18-22-41)49(53,54)55/h9-26H,27H2,1-8H3. The average molecular weight is 831 g/mol. The maximum atomic E-state index is 13.0. The molecule has 0 atom stereocenters. The smallest absolute Gasteiger partial charge is 0.252 e. The van der Waals surface area contributed by atoms with E-state index in [1.807, 2.05) is 77.9 Å². The van der Waals surface area contributed by atoms with E-state index in [4.69, 9.17) is 20.0 Å². The molecule has 312 valence electrons. The van der Waals surface area contributed by atoms with Crippen LogP contribution >= 0.6 is 0 Å². The SMILES string of the molecule is CC(=Nc1ccc(C(F)(F)F)cc1)c1cccc(C(C)=Nc2c(C)cc(Cc3cc(C)c(N=C(C)c4cccc(C(C)=Nc5ccc(C(F)(F)F)cc5)n4)c(C)c3)cc2C)n1. The Kier molecular flexibility index (Phi) is 13.0. The second-order valence-electron chi connectivity index (χ2n) is 15.0. The fraction of sp³-hybridized carbons (Fsp3) is 0.224. The Balaban J connectivity index is 1.16. The van der Waals surface area contributed by atoms with Gasteiger partial charge in [-0.15, -0.1) is 0 Å². The molecule has 2 heterocycles. The summed E-state index contributed by atoms with van der Waals surface area (Å²) < 4.78 is 78.0. The van der Waals surface area contributed by atoms with Gasteiger partial charge in [-0.1, -0.05) is 36.4 Å². The van der Waals surface area contributed by atoms with E-state index in [0.717, 1.165) is 69.0 Å². The van der Waals surface area contributed by atoms with Crippen molar-refractivity contribution in [2.45, 2.75) is 74.2 Å². The maximum absolute atomic E-state index is 13.0. The summed E-state index contributed by atoms with van der Waals surface area (Å²) in [5.74, 6) is 0. The molecular weight excluding hydrogens is 787 g/mol. The molecule has 0 saturated heterocycles. The molecule has 0 aliphatic carbocycles. The highest BCUT2D eigenvalue weighted by Gasteiger charge is 2.30. The van der Waals surface area contributed by atoms with E-state index in [1.165, 1.54) is 24.3 Å². The average Bonchev–Trinajstić information content (AvgIpc) is 3.20. The van der Waals surface area contributed by atoms with Gasteiger partial charge in [-0.3, -0.25) is 20.0 Å². The predicted molar refractivity (Wildman–Crippen MR) is 233 cm³/mol. The molecule has 0 aliphatic rings. The van der Waals surface area contributed by atoms with Crippen molar-refractivity contribution in [2.24, 2.45) is 20.0 Å². The molecule has 0 saturated carbocycles. The molecule has 0 spiro atoms. The molecule has 0 radical (unpaired) electrons. The van der Waals surface area contributed by atoms with Gasteiger partial charge in [0.1, 0.15) is 0 Å². The summed E-state index contributed by atoms with van der Waals surface area (Å²) in [5, 5.41) is 0. The molecule has 6 aromatic rings. The fourth-order valence-electron chi connectivity index (χ4n) is 6.96. The van der Waals surface area contributed by atoms with Gasteiger partial charge in [0.25, 0.3) is 0 Å². The summed E-state index contributed by atoms with van der Waals surface area (Å²) in [6.07, 6.45) is -8.12. The first-order valence-corrected chi connectivity index (χ1v) is 19.5. The number of benzene rings is 4. The molecule has 0 aliphatic heterocycles. The number of halogens is 6. The number of hydrogen-bond acceptors (Lipinski definition) is 6. The second-order valence-corrected chi connectivity index (χ2v) is 15.0. The highest BCUT2D eigenvalue weighted by Crippen LogP contribution is 2.33. The van der Waals surface area contributed by atoms with Crippen molar-refractivity contribution in [3.05, 3.63) is 176 Å². The van der Waals surface area contributed by atoms with Gasteiger partial charge in [-0.2, -0.15) is 26.3 Å². The van der Waals surface area contributed by atoms with Gasteiger partial charge in [-0.25, -0.2) is 9.97 Å². The van der Waals surface area contributed by atoms with E-state index in [9.17, 15) is 26.3 Å². The van der Waals surface area contributed by atoms with E-state index in [-0.39, 0.29) is 0 Å². The molecule has 0 unspecified atom stereocenters. The molecule has 12 heteroatoms. The van der Waals surface area contributed by atoms with Crippen molar-refractivity contribution in [3.8, 4) is 0 Å². The Labute approximate surface area is 351 Å². The van der Waals surface area contributed by atoms with Crippen molar-refractivity contribution >= 4 is 45.6 Å². The summed E-state index contributed by atoms with van der Waals surface area (Å²) in [4.78, 5) is 28.4. The highest BCUT2D eigenvalue weighted by molar-refractivity contribution is 6.03. The monoisotopic (exact) mass is 830 g/mol. The third-order valence-electron chi connectivity index (χ3n) is 10.0. The summed E-state index contributed by atoms with van der Waals surface area (Å²) >= 11 is 0. The summed E-state index contributed by atoms with van der Waals surface area (Å²) in [5.41, 5.74) is 12.5. The van der Waals surface area contributed by atoms with Gasteiger partial charge in [0.05, 0.1) is 79.5 Å². The van der Waals surface area contributed by atoms with Crippen LogP contribution < -0.4 is 0 Å². The summed E-state index contributed by atoms with van der Waals surface area (Å²) in [7, 11) is 0. The van der Waals surface area contributed by atoms with Gasteiger partial charge >= 0.3 is 12.4 Å². The normalized spacial score (nSPS) is 13.2. The molecule has 0 amide bonds. The van der Waals surface area contributed by atoms with E-state index in [1.54, 1.807) is 13.8 Å². The number of aromatic nitrogens is 2. The zero-order valence-corrected chi connectivity index (χ0v) is 35.1. The van der Waals surface area contributed by atoms with Gasteiger partial charge < -0.3 is 0 Å². The zero-order valence-electron chi connectivity index (χ0n) is 35.1. The first kappa shape index (κ1) is 44.0. The Bertz CT molecular complexity index is 2470. The Morgan fingerprint density at radius 2 is 0.705 bits per heavy atom. The van der Waals surface area contributed by atoms with E-state index in [2.05, 4.69) is 34.3 Å². The Hall–Kier alpha value is -6.56. The molecule has 6 nitrogen and oxygen atoms in total. The molecule has 0 fully saturated rings. The van der Waals surface area contributed by atoms with Crippen molar-refractivity contribution in [3.63, 3.8) is 0 Å². The van der Waals surface area contributed by atoms with Crippen molar-refractivity contribution < 1.29 is 26.3 Å². The van der Waals surface area contributed by atoms with Gasteiger partial charge in [0, 0.05) is 0 Å². The van der Waals surface area contributed by atoms with Gasteiger partial charge in [-0.05, 0) is 168 Å². The Morgan fingerprint density at radius 1 is 0.426 bits per heavy atom. The zero-order chi connectivity index (χ0) is 44.2. The van der Waals surface area contributed by atoms with E-state index < -0.39 is 23.5 Å². The molecule has 0 bridgehead atoms. The number of aryl methyl sites for hydroxylation is 4. The van der Waals surface area contributed by atoms with E-state index in [0.29, 0.717) is 63.4 Å². The Morgan fingerprint density at radius 3 is 0.984 bits per heavy atom. The van der Waals surface area contributed by atoms with Crippen molar-refractivity contribution in [1.82, 2.24) is 9.97 Å². The first-order chi connectivity index (χ1) is 28.7. The van der Waals surface area contributed by atoms with Crippen LogP contribution in [-0.4, -0.2) is 32.8 Å². The summed E-state index contributed by atoms with van der Waals surface area (Å²) in [6.45, 7) is 15.5. The van der Waals surface area contributed by atoms with Crippen LogP contribution in [0, 0.1) is 27.7 Å². The molecule has 4 aromatic carbocycles. The molecule has 2 aromatic heterocycles. The first-order valence-electron chi connectivity index (χ1n) is 19.5. The van der Waals surface area contributed by atoms with Crippen molar-refractivity contribution in [1.29, 1.82) is 0 Å². The van der Waals surface area contributed by atoms with Crippen molar-refractivity contribution in [2.75, 3.05) is 0 Å².